The molecule has 0 aliphatic heterocycles. The highest BCUT2D eigenvalue weighted by atomic mass is 35.5. The topological polar surface area (TPSA) is 3.24 Å². The number of halogens is 2. The highest BCUT2D eigenvalue weighted by Crippen LogP contribution is 2.50. The Morgan fingerprint density at radius 1 is 1.10 bits per heavy atom. The second-order valence-corrected chi connectivity index (χ2v) is 7.90. The molecule has 0 bridgehead atoms. The zero-order chi connectivity index (χ0) is 15.6. The van der Waals surface area contributed by atoms with Crippen molar-refractivity contribution < 1.29 is 0 Å². The molecule has 1 saturated carbocycles. The van der Waals surface area contributed by atoms with E-state index in [1.807, 2.05) is 6.07 Å². The fraction of sp³-hybridized carbons (Fsp3) is 0.667. The van der Waals surface area contributed by atoms with Crippen LogP contribution in [0.3, 0.4) is 0 Å². The first kappa shape index (κ1) is 17.1. The molecule has 1 aliphatic carbocycles. The van der Waals surface area contributed by atoms with Crippen LogP contribution in [0.4, 0.5) is 0 Å². The molecule has 0 N–H and O–H groups in total. The summed E-state index contributed by atoms with van der Waals surface area (Å²) < 4.78 is 0. The standard InChI is InChI=1S/C18H27Cl2N/c1-13(2)6-9-17(21(3)4)18(10-5-11-18)14-7-8-15(19)16(20)12-14/h7-8,12-13,17H,5-6,9-11H2,1-4H3. The predicted molar refractivity (Wildman–Crippen MR) is 93.5 cm³/mol. The first-order valence-electron chi connectivity index (χ1n) is 7.99. The minimum Gasteiger partial charge on any atom is -0.306 e. The van der Waals surface area contributed by atoms with E-state index in [-0.39, 0.29) is 5.41 Å². The number of rotatable bonds is 6. The number of hydrogen-bond acceptors (Lipinski definition) is 1. The molecule has 0 radical (unpaired) electrons. The summed E-state index contributed by atoms with van der Waals surface area (Å²) in [5.41, 5.74) is 1.62. The van der Waals surface area contributed by atoms with Gasteiger partial charge < -0.3 is 4.90 Å². The predicted octanol–water partition coefficient (Wildman–Crippen LogP) is 5.78. The van der Waals surface area contributed by atoms with E-state index in [0.717, 1.165) is 5.92 Å². The Kier molecular flexibility index (Phi) is 5.62. The Morgan fingerprint density at radius 3 is 2.19 bits per heavy atom. The van der Waals surface area contributed by atoms with E-state index in [1.54, 1.807) is 0 Å². The third kappa shape index (κ3) is 3.57. The lowest BCUT2D eigenvalue weighted by Gasteiger charge is -2.51. The van der Waals surface area contributed by atoms with Gasteiger partial charge in [0.25, 0.3) is 0 Å². The van der Waals surface area contributed by atoms with Gasteiger partial charge in [0.1, 0.15) is 0 Å². The largest absolute Gasteiger partial charge is 0.306 e. The highest BCUT2D eigenvalue weighted by Gasteiger charge is 2.46. The van der Waals surface area contributed by atoms with Crippen molar-refractivity contribution in [1.29, 1.82) is 0 Å². The van der Waals surface area contributed by atoms with Crippen molar-refractivity contribution >= 4 is 23.2 Å². The molecule has 0 aromatic heterocycles. The molecule has 0 heterocycles. The number of likely N-dealkylation sites (N-methyl/N-ethyl adjacent to an activating group) is 1. The van der Waals surface area contributed by atoms with Gasteiger partial charge in [0.2, 0.25) is 0 Å². The van der Waals surface area contributed by atoms with Crippen LogP contribution in [0.5, 0.6) is 0 Å². The van der Waals surface area contributed by atoms with Gasteiger partial charge in [-0.3, -0.25) is 0 Å². The van der Waals surface area contributed by atoms with Crippen LogP contribution in [0, 0.1) is 5.92 Å². The third-order valence-corrected chi connectivity index (χ3v) is 5.76. The van der Waals surface area contributed by atoms with Crippen LogP contribution in [-0.2, 0) is 5.41 Å². The summed E-state index contributed by atoms with van der Waals surface area (Å²) in [6, 6.07) is 6.80. The average molecular weight is 328 g/mol. The molecule has 1 atom stereocenters. The Morgan fingerprint density at radius 2 is 1.76 bits per heavy atom. The Balaban J connectivity index is 2.30. The minimum absolute atomic E-state index is 0.257. The monoisotopic (exact) mass is 327 g/mol. The third-order valence-electron chi connectivity index (χ3n) is 5.02. The molecule has 0 amide bonds. The Hall–Kier alpha value is -0.240. The van der Waals surface area contributed by atoms with Crippen LogP contribution in [0.25, 0.3) is 0 Å². The van der Waals surface area contributed by atoms with Crippen molar-refractivity contribution in [3.8, 4) is 0 Å². The van der Waals surface area contributed by atoms with E-state index >= 15 is 0 Å². The molecular weight excluding hydrogens is 301 g/mol. The van der Waals surface area contributed by atoms with Gasteiger partial charge in [-0.15, -0.1) is 0 Å². The van der Waals surface area contributed by atoms with Gasteiger partial charge in [-0.2, -0.15) is 0 Å². The van der Waals surface area contributed by atoms with E-state index in [0.29, 0.717) is 16.1 Å². The SMILES string of the molecule is CC(C)CCC(N(C)C)C1(c2ccc(Cl)c(Cl)c2)CCC1. The number of hydrogen-bond donors (Lipinski definition) is 0. The Bertz CT molecular complexity index is 478. The molecule has 118 valence electrons. The molecule has 1 unspecified atom stereocenters. The molecular formula is C18H27Cl2N. The second kappa shape index (κ2) is 6.89. The molecule has 1 aromatic carbocycles. The van der Waals surface area contributed by atoms with E-state index in [9.17, 15) is 0 Å². The first-order chi connectivity index (χ1) is 9.86. The van der Waals surface area contributed by atoms with Crippen LogP contribution < -0.4 is 0 Å². The molecule has 1 aromatic rings. The molecule has 0 saturated heterocycles. The van der Waals surface area contributed by atoms with Crippen molar-refractivity contribution in [2.75, 3.05) is 14.1 Å². The lowest BCUT2D eigenvalue weighted by Crippen LogP contribution is -2.52. The van der Waals surface area contributed by atoms with Gasteiger partial charge in [-0.1, -0.05) is 49.5 Å². The van der Waals surface area contributed by atoms with Gasteiger partial charge in [0.15, 0.2) is 0 Å². The molecule has 1 aliphatic rings. The number of benzene rings is 1. The first-order valence-corrected chi connectivity index (χ1v) is 8.74. The van der Waals surface area contributed by atoms with E-state index < -0.39 is 0 Å². The smallest absolute Gasteiger partial charge is 0.0595 e. The summed E-state index contributed by atoms with van der Waals surface area (Å²) in [5, 5.41) is 1.33. The molecule has 1 fully saturated rings. The summed E-state index contributed by atoms with van der Waals surface area (Å²) >= 11 is 12.4. The van der Waals surface area contributed by atoms with Crippen LogP contribution in [0.2, 0.25) is 10.0 Å². The van der Waals surface area contributed by atoms with Crippen LogP contribution in [0.15, 0.2) is 18.2 Å². The van der Waals surface area contributed by atoms with Crippen LogP contribution >= 0.6 is 23.2 Å². The maximum Gasteiger partial charge on any atom is 0.0595 e. The summed E-state index contributed by atoms with van der Waals surface area (Å²) in [4.78, 5) is 2.41. The van der Waals surface area contributed by atoms with Gasteiger partial charge in [0, 0.05) is 11.5 Å². The summed E-state index contributed by atoms with van der Waals surface area (Å²) in [7, 11) is 4.42. The highest BCUT2D eigenvalue weighted by molar-refractivity contribution is 6.42. The van der Waals surface area contributed by atoms with Gasteiger partial charge in [-0.05, 0) is 63.4 Å². The van der Waals surface area contributed by atoms with Gasteiger partial charge in [0.05, 0.1) is 10.0 Å². The summed E-state index contributed by atoms with van der Waals surface area (Å²) in [6.07, 6.45) is 6.33. The second-order valence-electron chi connectivity index (χ2n) is 7.09. The minimum atomic E-state index is 0.257. The zero-order valence-electron chi connectivity index (χ0n) is 13.6. The van der Waals surface area contributed by atoms with Gasteiger partial charge in [-0.25, -0.2) is 0 Å². The van der Waals surface area contributed by atoms with Crippen molar-refractivity contribution in [3.63, 3.8) is 0 Å². The zero-order valence-corrected chi connectivity index (χ0v) is 15.1. The van der Waals surface area contributed by atoms with Crippen molar-refractivity contribution in [1.82, 2.24) is 4.90 Å². The van der Waals surface area contributed by atoms with Crippen molar-refractivity contribution in [2.24, 2.45) is 5.92 Å². The van der Waals surface area contributed by atoms with Crippen molar-refractivity contribution in [2.45, 2.75) is 57.4 Å². The van der Waals surface area contributed by atoms with E-state index in [4.69, 9.17) is 23.2 Å². The normalized spacial score (nSPS) is 18.9. The summed E-state index contributed by atoms with van der Waals surface area (Å²) in [5.74, 6) is 0.749. The fourth-order valence-electron chi connectivity index (χ4n) is 3.70. The van der Waals surface area contributed by atoms with Crippen LogP contribution in [0.1, 0.15) is 51.5 Å². The quantitative estimate of drug-likeness (QED) is 0.639. The van der Waals surface area contributed by atoms with Crippen molar-refractivity contribution in [3.05, 3.63) is 33.8 Å². The van der Waals surface area contributed by atoms with Gasteiger partial charge >= 0.3 is 0 Å². The lowest BCUT2D eigenvalue weighted by atomic mass is 9.59. The molecule has 0 spiro atoms. The molecule has 2 rings (SSSR count). The van der Waals surface area contributed by atoms with Crippen LogP contribution in [-0.4, -0.2) is 25.0 Å². The van der Waals surface area contributed by atoms with E-state index in [1.165, 1.54) is 37.7 Å². The average Bonchev–Trinajstić information content (AvgIpc) is 2.35. The maximum atomic E-state index is 6.27. The Labute approximate surface area is 139 Å². The molecule has 1 nitrogen and oxygen atoms in total. The summed E-state index contributed by atoms with van der Waals surface area (Å²) in [6.45, 7) is 4.61. The fourth-order valence-corrected chi connectivity index (χ4v) is 4.00. The number of nitrogens with zero attached hydrogens (tertiary/aromatic N) is 1. The molecule has 3 heteroatoms. The molecule has 21 heavy (non-hydrogen) atoms. The maximum absolute atomic E-state index is 6.27. The van der Waals surface area contributed by atoms with E-state index in [2.05, 4.69) is 45.0 Å². The lowest BCUT2D eigenvalue weighted by molar-refractivity contribution is 0.0859.